The zero-order valence-corrected chi connectivity index (χ0v) is 15.7. The van der Waals surface area contributed by atoms with E-state index in [9.17, 15) is 9.18 Å². The summed E-state index contributed by atoms with van der Waals surface area (Å²) in [7, 11) is 0. The average molecular weight is 371 g/mol. The van der Waals surface area contributed by atoms with E-state index in [0.717, 1.165) is 31.2 Å². The Morgan fingerprint density at radius 2 is 1.96 bits per heavy atom. The summed E-state index contributed by atoms with van der Waals surface area (Å²) < 4.78 is 19.1. The van der Waals surface area contributed by atoms with Crippen molar-refractivity contribution in [1.82, 2.24) is 4.90 Å². The summed E-state index contributed by atoms with van der Waals surface area (Å²) in [4.78, 5) is 15.0. The Hall–Kier alpha value is -1.17. The van der Waals surface area contributed by atoms with Crippen molar-refractivity contribution in [1.29, 1.82) is 0 Å². The fourth-order valence-electron chi connectivity index (χ4n) is 3.98. The van der Waals surface area contributed by atoms with Gasteiger partial charge in [-0.25, -0.2) is 4.39 Å². The molecule has 2 fully saturated rings. The fourth-order valence-corrected chi connectivity index (χ4v) is 3.98. The summed E-state index contributed by atoms with van der Waals surface area (Å²) in [6.45, 7) is 5.05. The van der Waals surface area contributed by atoms with Crippen molar-refractivity contribution in [3.8, 4) is 0 Å². The molecule has 4 atom stereocenters. The van der Waals surface area contributed by atoms with Crippen LogP contribution in [0.4, 0.5) is 4.39 Å². The highest BCUT2D eigenvalue weighted by molar-refractivity contribution is 5.85. The second kappa shape index (κ2) is 8.02. The average Bonchev–Trinajstić information content (AvgIpc) is 2.54. The van der Waals surface area contributed by atoms with Gasteiger partial charge in [-0.1, -0.05) is 25.0 Å². The number of amides is 1. The molecule has 25 heavy (non-hydrogen) atoms. The maximum atomic E-state index is 13.1. The molecule has 1 saturated carbocycles. The third-order valence-corrected chi connectivity index (χ3v) is 5.37. The lowest BCUT2D eigenvalue weighted by Crippen LogP contribution is -2.56. The first-order chi connectivity index (χ1) is 11.4. The van der Waals surface area contributed by atoms with Crippen LogP contribution in [0.2, 0.25) is 0 Å². The van der Waals surface area contributed by atoms with E-state index in [4.69, 9.17) is 10.5 Å². The van der Waals surface area contributed by atoms with Gasteiger partial charge in [-0.05, 0) is 44.4 Å². The molecule has 2 N–H and O–H groups in total. The van der Waals surface area contributed by atoms with Crippen LogP contribution in [0.5, 0.6) is 0 Å². The Kier molecular flexibility index (Phi) is 6.46. The monoisotopic (exact) mass is 370 g/mol. The molecule has 2 aliphatic rings. The number of halogens is 2. The van der Waals surface area contributed by atoms with Gasteiger partial charge in [0.1, 0.15) is 11.9 Å². The largest absolute Gasteiger partial charge is 0.367 e. The van der Waals surface area contributed by atoms with Crippen LogP contribution in [-0.4, -0.2) is 35.5 Å². The molecule has 4 nitrogen and oxygen atoms in total. The van der Waals surface area contributed by atoms with Crippen LogP contribution in [0.3, 0.4) is 0 Å². The number of hydrogen-bond donors (Lipinski definition) is 1. The van der Waals surface area contributed by atoms with E-state index in [1.165, 1.54) is 12.1 Å². The van der Waals surface area contributed by atoms with Crippen molar-refractivity contribution in [2.75, 3.05) is 13.1 Å². The first-order valence-electron chi connectivity index (χ1n) is 8.85. The fraction of sp³-hybridized carbons (Fsp3) is 0.632. The number of ether oxygens (including phenoxy) is 1. The molecule has 1 aromatic carbocycles. The van der Waals surface area contributed by atoms with Crippen molar-refractivity contribution in [3.05, 3.63) is 35.6 Å². The van der Waals surface area contributed by atoms with Crippen molar-refractivity contribution in [3.63, 3.8) is 0 Å². The van der Waals surface area contributed by atoms with Gasteiger partial charge in [0.25, 0.3) is 0 Å². The molecule has 140 valence electrons. The Morgan fingerprint density at radius 3 is 2.60 bits per heavy atom. The van der Waals surface area contributed by atoms with Crippen LogP contribution in [-0.2, 0) is 9.53 Å². The normalized spacial score (nSPS) is 32.8. The maximum Gasteiger partial charge on any atom is 0.227 e. The van der Waals surface area contributed by atoms with E-state index in [2.05, 4.69) is 0 Å². The Bertz CT molecular complexity index is 594. The molecule has 6 heteroatoms. The van der Waals surface area contributed by atoms with Gasteiger partial charge in [0.2, 0.25) is 5.91 Å². The third-order valence-electron chi connectivity index (χ3n) is 5.37. The Morgan fingerprint density at radius 1 is 1.28 bits per heavy atom. The Balaban J connectivity index is 0.00000225. The topological polar surface area (TPSA) is 55.6 Å². The minimum absolute atomic E-state index is 0. The SMILES string of the molecule is CC1CN(C(=O)C2CCCCC2(C)N)CC(c2ccc(F)cc2)O1.Cl. The summed E-state index contributed by atoms with van der Waals surface area (Å²) >= 11 is 0. The highest BCUT2D eigenvalue weighted by Gasteiger charge is 2.41. The quantitative estimate of drug-likeness (QED) is 0.867. The third kappa shape index (κ3) is 4.52. The molecule has 1 aliphatic heterocycles. The Labute approximate surface area is 155 Å². The zero-order chi connectivity index (χ0) is 17.3. The second-order valence-electron chi connectivity index (χ2n) is 7.53. The van der Waals surface area contributed by atoms with Gasteiger partial charge in [-0.3, -0.25) is 4.79 Å². The van der Waals surface area contributed by atoms with Crippen molar-refractivity contribution in [2.24, 2.45) is 11.7 Å². The molecule has 1 aliphatic carbocycles. The summed E-state index contributed by atoms with van der Waals surface area (Å²) in [5.41, 5.74) is 6.88. The van der Waals surface area contributed by atoms with Gasteiger partial charge in [0.15, 0.2) is 0 Å². The first kappa shape index (κ1) is 20.1. The van der Waals surface area contributed by atoms with Crippen LogP contribution in [0, 0.1) is 11.7 Å². The molecule has 0 aromatic heterocycles. The highest BCUT2D eigenvalue weighted by atomic mass is 35.5. The lowest BCUT2D eigenvalue weighted by molar-refractivity contribution is -0.152. The van der Waals surface area contributed by atoms with Crippen LogP contribution in [0.25, 0.3) is 0 Å². The van der Waals surface area contributed by atoms with Crippen LogP contribution >= 0.6 is 12.4 Å². The number of carbonyl (C=O) groups is 1. The molecule has 1 saturated heterocycles. The van der Waals surface area contributed by atoms with Gasteiger partial charge in [0.05, 0.1) is 18.6 Å². The van der Waals surface area contributed by atoms with E-state index < -0.39 is 5.54 Å². The molecule has 0 spiro atoms. The van der Waals surface area contributed by atoms with E-state index >= 15 is 0 Å². The number of nitrogens with zero attached hydrogens (tertiary/aromatic N) is 1. The van der Waals surface area contributed by atoms with E-state index in [1.54, 1.807) is 12.1 Å². The number of hydrogen-bond acceptors (Lipinski definition) is 3. The standard InChI is InChI=1S/C19H27FN2O2.ClH/c1-13-11-22(18(23)16-5-3-4-10-19(16,2)21)12-17(24-13)14-6-8-15(20)9-7-14;/h6-9,13,16-17H,3-5,10-12,21H2,1-2H3;1H. The zero-order valence-electron chi connectivity index (χ0n) is 14.9. The molecular formula is C19H28ClFN2O2. The van der Waals surface area contributed by atoms with E-state index in [1.807, 2.05) is 18.7 Å². The summed E-state index contributed by atoms with van der Waals surface area (Å²) in [6.07, 6.45) is 3.64. The summed E-state index contributed by atoms with van der Waals surface area (Å²) in [5, 5.41) is 0. The summed E-state index contributed by atoms with van der Waals surface area (Å²) in [6, 6.07) is 6.33. The van der Waals surface area contributed by atoms with Gasteiger partial charge in [-0.2, -0.15) is 0 Å². The molecular weight excluding hydrogens is 343 g/mol. The number of nitrogens with two attached hydrogens (primary N) is 1. The van der Waals surface area contributed by atoms with Crippen LogP contribution < -0.4 is 5.73 Å². The van der Waals surface area contributed by atoms with Crippen molar-refractivity contribution in [2.45, 2.75) is 57.3 Å². The van der Waals surface area contributed by atoms with Gasteiger partial charge in [0, 0.05) is 12.1 Å². The number of morpholine rings is 1. The molecule has 1 heterocycles. The van der Waals surface area contributed by atoms with Crippen LogP contribution in [0.1, 0.15) is 51.2 Å². The smallest absolute Gasteiger partial charge is 0.227 e. The molecule has 0 radical (unpaired) electrons. The lowest BCUT2D eigenvalue weighted by Gasteiger charge is -2.43. The van der Waals surface area contributed by atoms with Crippen molar-refractivity contribution >= 4 is 18.3 Å². The summed E-state index contributed by atoms with van der Waals surface area (Å²) in [5.74, 6) is -0.246. The second-order valence-corrected chi connectivity index (χ2v) is 7.53. The maximum absolute atomic E-state index is 13.1. The highest BCUT2D eigenvalue weighted by Crippen LogP contribution is 2.34. The van der Waals surface area contributed by atoms with E-state index in [0.29, 0.717) is 13.1 Å². The number of carbonyl (C=O) groups excluding carboxylic acids is 1. The molecule has 1 amide bonds. The van der Waals surface area contributed by atoms with Gasteiger partial charge < -0.3 is 15.4 Å². The molecule has 0 bridgehead atoms. The van der Waals surface area contributed by atoms with Gasteiger partial charge >= 0.3 is 0 Å². The molecule has 1 aromatic rings. The predicted octanol–water partition coefficient (Wildman–Crippen LogP) is 3.44. The minimum atomic E-state index is -0.428. The van der Waals surface area contributed by atoms with E-state index in [-0.39, 0.29) is 42.3 Å². The number of rotatable bonds is 2. The first-order valence-corrected chi connectivity index (χ1v) is 8.85. The predicted molar refractivity (Wildman–Crippen MR) is 98.1 cm³/mol. The minimum Gasteiger partial charge on any atom is -0.367 e. The van der Waals surface area contributed by atoms with Gasteiger partial charge in [-0.15, -0.1) is 12.4 Å². The molecule has 4 unspecified atom stereocenters. The van der Waals surface area contributed by atoms with Crippen LogP contribution in [0.15, 0.2) is 24.3 Å². The molecule has 3 rings (SSSR count). The van der Waals surface area contributed by atoms with Crippen molar-refractivity contribution < 1.29 is 13.9 Å². The lowest BCUT2D eigenvalue weighted by atomic mass is 9.74. The number of benzene rings is 1.